The van der Waals surface area contributed by atoms with Crippen molar-refractivity contribution in [2.75, 3.05) is 0 Å². The van der Waals surface area contributed by atoms with E-state index in [0.29, 0.717) is 16.7 Å². The molecule has 1 rings (SSSR count). The lowest BCUT2D eigenvalue weighted by molar-refractivity contribution is 0.442. The minimum Gasteiger partial charge on any atom is -0.250 e. The highest BCUT2D eigenvalue weighted by Crippen LogP contribution is 2.19. The van der Waals surface area contributed by atoms with Gasteiger partial charge in [0.1, 0.15) is 12.2 Å². The van der Waals surface area contributed by atoms with E-state index in [1.807, 2.05) is 4.68 Å². The quantitative estimate of drug-likeness (QED) is 0.752. The summed E-state index contributed by atoms with van der Waals surface area (Å²) >= 11 is 3.71. The Hall–Kier alpha value is -0.380. The Morgan fingerprint density at radius 2 is 2.06 bits per heavy atom. The van der Waals surface area contributed by atoms with Crippen molar-refractivity contribution >= 4 is 15.9 Å². The van der Waals surface area contributed by atoms with Gasteiger partial charge in [-0.15, -0.1) is 0 Å². The van der Waals surface area contributed by atoms with Crippen LogP contribution in [0.25, 0.3) is 0 Å². The monoisotopic (exact) mass is 287 g/mol. The number of nitrogens with zero attached hydrogens (tertiary/aromatic N) is 3. The van der Waals surface area contributed by atoms with Crippen molar-refractivity contribution < 1.29 is 0 Å². The molecular formula is C12H22BrN3. The largest absolute Gasteiger partial charge is 0.250 e. The molecule has 0 bridgehead atoms. The Labute approximate surface area is 107 Å². The maximum atomic E-state index is 4.36. The van der Waals surface area contributed by atoms with E-state index in [4.69, 9.17) is 0 Å². The first-order chi connectivity index (χ1) is 7.54. The highest BCUT2D eigenvalue weighted by molar-refractivity contribution is 9.09. The van der Waals surface area contributed by atoms with E-state index >= 15 is 0 Å². The molecule has 0 N–H and O–H groups in total. The van der Waals surface area contributed by atoms with Crippen LogP contribution in [0.1, 0.15) is 39.9 Å². The van der Waals surface area contributed by atoms with Gasteiger partial charge >= 0.3 is 0 Å². The normalized spacial score (nSPS) is 15.4. The van der Waals surface area contributed by atoms with Gasteiger partial charge in [-0.2, -0.15) is 5.10 Å². The SMILES string of the molecule is CCC(Br)C(C)Cc1ncnn1CC(C)C. The van der Waals surface area contributed by atoms with Crippen molar-refractivity contribution in [3.05, 3.63) is 12.2 Å². The van der Waals surface area contributed by atoms with Crippen LogP contribution in [0.5, 0.6) is 0 Å². The molecule has 3 nitrogen and oxygen atoms in total. The van der Waals surface area contributed by atoms with E-state index in [-0.39, 0.29) is 0 Å². The molecule has 0 amide bonds. The van der Waals surface area contributed by atoms with E-state index in [0.717, 1.165) is 25.2 Å². The number of aromatic nitrogens is 3. The minimum absolute atomic E-state index is 0.566. The molecule has 0 fully saturated rings. The van der Waals surface area contributed by atoms with E-state index in [1.54, 1.807) is 6.33 Å². The molecule has 0 aliphatic rings. The van der Waals surface area contributed by atoms with Crippen LogP contribution in [0, 0.1) is 11.8 Å². The summed E-state index contributed by atoms with van der Waals surface area (Å²) in [6.07, 6.45) is 3.82. The molecular weight excluding hydrogens is 266 g/mol. The number of hydrogen-bond donors (Lipinski definition) is 0. The van der Waals surface area contributed by atoms with E-state index < -0.39 is 0 Å². The summed E-state index contributed by atoms with van der Waals surface area (Å²) in [4.78, 5) is 4.92. The van der Waals surface area contributed by atoms with Gasteiger partial charge in [0.15, 0.2) is 0 Å². The standard InChI is InChI=1S/C12H22BrN3/c1-5-11(13)10(4)6-12-14-8-15-16(12)7-9(2)3/h8-11H,5-7H2,1-4H3. The summed E-state index contributed by atoms with van der Waals surface area (Å²) in [5.74, 6) is 2.32. The fraction of sp³-hybridized carbons (Fsp3) is 0.833. The van der Waals surface area contributed by atoms with Gasteiger partial charge in [0.2, 0.25) is 0 Å². The van der Waals surface area contributed by atoms with Gasteiger partial charge in [-0.1, -0.05) is 43.6 Å². The number of alkyl halides is 1. The van der Waals surface area contributed by atoms with Crippen molar-refractivity contribution in [1.82, 2.24) is 14.8 Å². The molecule has 2 atom stereocenters. The van der Waals surface area contributed by atoms with Crippen molar-refractivity contribution in [1.29, 1.82) is 0 Å². The van der Waals surface area contributed by atoms with Gasteiger partial charge in [0.05, 0.1) is 0 Å². The molecule has 0 saturated heterocycles. The highest BCUT2D eigenvalue weighted by atomic mass is 79.9. The van der Waals surface area contributed by atoms with Crippen LogP contribution in [0.2, 0.25) is 0 Å². The molecule has 1 aromatic rings. The topological polar surface area (TPSA) is 30.7 Å². The maximum absolute atomic E-state index is 4.36. The summed E-state index contributed by atoms with van der Waals surface area (Å²) in [5.41, 5.74) is 0. The molecule has 0 saturated carbocycles. The van der Waals surface area contributed by atoms with Gasteiger partial charge in [-0.05, 0) is 18.3 Å². The molecule has 0 spiro atoms. The van der Waals surface area contributed by atoms with Crippen LogP contribution < -0.4 is 0 Å². The molecule has 2 unspecified atom stereocenters. The van der Waals surface area contributed by atoms with Gasteiger partial charge in [0, 0.05) is 17.8 Å². The fourth-order valence-corrected chi connectivity index (χ4v) is 1.95. The van der Waals surface area contributed by atoms with Gasteiger partial charge < -0.3 is 0 Å². The summed E-state index contributed by atoms with van der Waals surface area (Å²) in [7, 11) is 0. The molecule has 1 aromatic heterocycles. The molecule has 0 radical (unpaired) electrons. The van der Waals surface area contributed by atoms with Crippen molar-refractivity contribution in [2.45, 2.75) is 51.9 Å². The summed E-state index contributed by atoms with van der Waals surface area (Å²) in [5, 5.41) is 4.28. The van der Waals surface area contributed by atoms with Gasteiger partial charge in [-0.25, -0.2) is 9.67 Å². The molecule has 0 aliphatic carbocycles. The third-order valence-electron chi connectivity index (χ3n) is 2.75. The van der Waals surface area contributed by atoms with Gasteiger partial charge in [0.25, 0.3) is 0 Å². The second-order valence-corrected chi connectivity index (χ2v) is 6.03. The van der Waals surface area contributed by atoms with E-state index in [1.165, 1.54) is 0 Å². The van der Waals surface area contributed by atoms with Gasteiger partial charge in [-0.3, -0.25) is 0 Å². The number of hydrogen-bond acceptors (Lipinski definition) is 2. The smallest absolute Gasteiger partial charge is 0.138 e. The molecule has 4 heteroatoms. The van der Waals surface area contributed by atoms with Crippen LogP contribution >= 0.6 is 15.9 Å². The average molecular weight is 288 g/mol. The first-order valence-corrected chi connectivity index (χ1v) is 6.96. The van der Waals surface area contributed by atoms with Crippen LogP contribution in [-0.4, -0.2) is 19.6 Å². The molecule has 0 aromatic carbocycles. The number of rotatable bonds is 6. The molecule has 1 heterocycles. The summed E-state index contributed by atoms with van der Waals surface area (Å²) in [6, 6.07) is 0. The van der Waals surface area contributed by atoms with E-state index in [9.17, 15) is 0 Å². The Balaban J connectivity index is 2.62. The first kappa shape index (κ1) is 13.7. The van der Waals surface area contributed by atoms with Crippen LogP contribution in [0.4, 0.5) is 0 Å². The van der Waals surface area contributed by atoms with Crippen molar-refractivity contribution in [2.24, 2.45) is 11.8 Å². The fourth-order valence-electron chi connectivity index (χ4n) is 1.76. The summed E-state index contributed by atoms with van der Waals surface area (Å²) in [6.45, 7) is 9.83. The first-order valence-electron chi connectivity index (χ1n) is 6.05. The lowest BCUT2D eigenvalue weighted by atomic mass is 10.0. The van der Waals surface area contributed by atoms with Crippen LogP contribution in [0.3, 0.4) is 0 Å². The average Bonchev–Trinajstić information content (AvgIpc) is 2.63. The van der Waals surface area contributed by atoms with Crippen molar-refractivity contribution in [3.8, 4) is 0 Å². The van der Waals surface area contributed by atoms with Crippen LogP contribution in [-0.2, 0) is 13.0 Å². The Morgan fingerprint density at radius 3 is 2.62 bits per heavy atom. The summed E-state index contributed by atoms with van der Waals surface area (Å²) < 4.78 is 2.04. The zero-order valence-corrected chi connectivity index (χ0v) is 12.2. The number of halogens is 1. The molecule has 16 heavy (non-hydrogen) atoms. The third-order valence-corrected chi connectivity index (χ3v) is 4.30. The minimum atomic E-state index is 0.566. The van der Waals surface area contributed by atoms with Crippen molar-refractivity contribution in [3.63, 3.8) is 0 Å². The Morgan fingerprint density at radius 1 is 1.38 bits per heavy atom. The molecule has 0 aliphatic heterocycles. The zero-order chi connectivity index (χ0) is 12.1. The lowest BCUT2D eigenvalue weighted by Crippen LogP contribution is -2.17. The third kappa shape index (κ3) is 3.89. The predicted molar refractivity (Wildman–Crippen MR) is 70.7 cm³/mol. The second kappa shape index (κ2) is 6.38. The lowest BCUT2D eigenvalue weighted by Gasteiger charge is -2.17. The maximum Gasteiger partial charge on any atom is 0.138 e. The zero-order valence-electron chi connectivity index (χ0n) is 10.7. The highest BCUT2D eigenvalue weighted by Gasteiger charge is 2.16. The van der Waals surface area contributed by atoms with E-state index in [2.05, 4.69) is 53.7 Å². The molecule has 92 valence electrons. The van der Waals surface area contributed by atoms with Crippen LogP contribution in [0.15, 0.2) is 6.33 Å². The Kier molecular flexibility index (Phi) is 5.46. The Bertz CT molecular complexity index is 309. The second-order valence-electron chi connectivity index (χ2n) is 4.86. The predicted octanol–water partition coefficient (Wildman–Crippen LogP) is 3.29.